The van der Waals surface area contributed by atoms with Crippen LogP contribution in [0.15, 0.2) is 4.99 Å². The van der Waals surface area contributed by atoms with Gasteiger partial charge in [-0.1, -0.05) is 11.8 Å². The third kappa shape index (κ3) is 1.30. The molecule has 0 fully saturated rings. The average Bonchev–Trinajstić information content (AvgIpc) is 2.10. The van der Waals surface area contributed by atoms with Gasteiger partial charge in [0.15, 0.2) is 5.17 Å². The highest BCUT2D eigenvalue weighted by atomic mass is 32.2. The summed E-state index contributed by atoms with van der Waals surface area (Å²) in [7, 11) is 0. The summed E-state index contributed by atoms with van der Waals surface area (Å²) >= 11 is 1.11. The Labute approximate surface area is 62.5 Å². The number of hydrogen-bond acceptors (Lipinski definition) is 4. The molecule has 0 aromatic carbocycles. The summed E-state index contributed by atoms with van der Waals surface area (Å²) in [5.41, 5.74) is 5.23. The van der Waals surface area contributed by atoms with Gasteiger partial charge in [0, 0.05) is 0 Å². The molecule has 0 saturated carbocycles. The van der Waals surface area contributed by atoms with Gasteiger partial charge < -0.3 is 10.8 Å². The third-order valence-electron chi connectivity index (χ3n) is 1.15. The monoisotopic (exact) mass is 160 g/mol. The SMILES string of the molecule is CC(O)C1SC(N)=NC1=O. The van der Waals surface area contributed by atoms with E-state index >= 15 is 0 Å². The van der Waals surface area contributed by atoms with Crippen LogP contribution in [0.1, 0.15) is 6.92 Å². The summed E-state index contributed by atoms with van der Waals surface area (Å²) in [6.07, 6.45) is -0.678. The fraction of sp³-hybridized carbons (Fsp3) is 0.600. The van der Waals surface area contributed by atoms with Crippen LogP contribution < -0.4 is 5.73 Å². The molecule has 1 aliphatic heterocycles. The molecule has 1 rings (SSSR count). The predicted molar refractivity (Wildman–Crippen MR) is 39.7 cm³/mol. The van der Waals surface area contributed by atoms with Crippen molar-refractivity contribution in [2.45, 2.75) is 18.3 Å². The lowest BCUT2D eigenvalue weighted by molar-refractivity contribution is -0.118. The number of aliphatic imine (C=N–C) groups is 1. The van der Waals surface area contributed by atoms with Crippen molar-refractivity contribution >= 4 is 22.8 Å². The molecule has 5 heteroatoms. The fourth-order valence-electron chi connectivity index (χ4n) is 0.684. The first kappa shape index (κ1) is 7.56. The number of thioether (sulfide) groups is 1. The standard InChI is InChI=1S/C5H8N2O2S/c1-2(8)3-4(9)7-5(6)10-3/h2-3,8H,1H3,(H2,6,7,9). The van der Waals surface area contributed by atoms with Crippen LogP contribution in [0.4, 0.5) is 0 Å². The molecule has 2 atom stereocenters. The number of hydrogen-bond donors (Lipinski definition) is 2. The average molecular weight is 160 g/mol. The van der Waals surface area contributed by atoms with Gasteiger partial charge in [-0.25, -0.2) is 0 Å². The molecule has 0 spiro atoms. The number of nitrogens with two attached hydrogens (primary N) is 1. The Morgan fingerprint density at radius 1 is 1.90 bits per heavy atom. The molecule has 0 saturated heterocycles. The molecule has 4 nitrogen and oxygen atoms in total. The van der Waals surface area contributed by atoms with E-state index in [0.29, 0.717) is 0 Å². The fourth-order valence-corrected chi connectivity index (χ4v) is 1.44. The zero-order chi connectivity index (χ0) is 7.72. The number of aliphatic hydroxyl groups is 1. The van der Waals surface area contributed by atoms with E-state index in [9.17, 15) is 4.79 Å². The number of aliphatic hydroxyl groups excluding tert-OH is 1. The summed E-state index contributed by atoms with van der Waals surface area (Å²) < 4.78 is 0. The van der Waals surface area contributed by atoms with Crippen LogP contribution in [0.2, 0.25) is 0 Å². The lowest BCUT2D eigenvalue weighted by Crippen LogP contribution is -2.24. The van der Waals surface area contributed by atoms with Crippen LogP contribution in [0, 0.1) is 0 Å². The van der Waals surface area contributed by atoms with E-state index in [-0.39, 0.29) is 11.1 Å². The molecule has 3 N–H and O–H groups in total. The maximum atomic E-state index is 10.8. The van der Waals surface area contributed by atoms with Crippen molar-refractivity contribution in [2.24, 2.45) is 10.7 Å². The molecule has 2 unspecified atom stereocenters. The van der Waals surface area contributed by atoms with Crippen molar-refractivity contribution in [3.63, 3.8) is 0 Å². The van der Waals surface area contributed by atoms with Gasteiger partial charge in [-0.3, -0.25) is 4.79 Å². The van der Waals surface area contributed by atoms with E-state index in [0.717, 1.165) is 11.8 Å². The van der Waals surface area contributed by atoms with E-state index < -0.39 is 11.4 Å². The normalized spacial score (nSPS) is 28.4. The molecular weight excluding hydrogens is 152 g/mol. The van der Waals surface area contributed by atoms with Gasteiger partial charge in [0.05, 0.1) is 6.10 Å². The molecule has 0 bridgehead atoms. The van der Waals surface area contributed by atoms with E-state index in [1.807, 2.05) is 0 Å². The highest BCUT2D eigenvalue weighted by Gasteiger charge is 2.30. The molecule has 0 aliphatic carbocycles. The minimum Gasteiger partial charge on any atom is -0.392 e. The van der Waals surface area contributed by atoms with Crippen molar-refractivity contribution in [2.75, 3.05) is 0 Å². The molecule has 0 aromatic heterocycles. The number of amidine groups is 1. The second-order valence-corrected chi connectivity index (χ2v) is 3.23. The maximum Gasteiger partial charge on any atom is 0.264 e. The van der Waals surface area contributed by atoms with Gasteiger partial charge >= 0.3 is 0 Å². The predicted octanol–water partition coefficient (Wildman–Crippen LogP) is -0.676. The van der Waals surface area contributed by atoms with E-state index in [4.69, 9.17) is 10.8 Å². The first-order valence-electron chi connectivity index (χ1n) is 2.84. The Morgan fingerprint density at radius 3 is 2.70 bits per heavy atom. The zero-order valence-electron chi connectivity index (χ0n) is 5.44. The first-order valence-corrected chi connectivity index (χ1v) is 3.72. The lowest BCUT2D eigenvalue weighted by atomic mass is 10.3. The van der Waals surface area contributed by atoms with Crippen molar-refractivity contribution < 1.29 is 9.90 Å². The Morgan fingerprint density at radius 2 is 2.50 bits per heavy atom. The molecular formula is C5H8N2O2S. The Balaban J connectivity index is 2.64. The molecule has 1 amide bonds. The Bertz CT molecular complexity index is 190. The maximum absolute atomic E-state index is 10.8. The minimum absolute atomic E-state index is 0.246. The lowest BCUT2D eigenvalue weighted by Gasteiger charge is -2.07. The third-order valence-corrected chi connectivity index (χ3v) is 2.33. The smallest absolute Gasteiger partial charge is 0.264 e. The number of carbonyl (C=O) groups excluding carboxylic acids is 1. The van der Waals surface area contributed by atoms with Crippen molar-refractivity contribution in [1.29, 1.82) is 0 Å². The summed E-state index contributed by atoms with van der Waals surface area (Å²) in [5, 5.41) is 8.73. The van der Waals surface area contributed by atoms with Crippen LogP contribution in [0.5, 0.6) is 0 Å². The van der Waals surface area contributed by atoms with Gasteiger partial charge in [-0.2, -0.15) is 4.99 Å². The highest BCUT2D eigenvalue weighted by Crippen LogP contribution is 2.22. The topological polar surface area (TPSA) is 75.7 Å². The molecule has 1 aliphatic rings. The summed E-state index contributed by atoms with van der Waals surface area (Å²) in [6, 6.07) is 0. The highest BCUT2D eigenvalue weighted by molar-refractivity contribution is 8.15. The minimum atomic E-state index is -0.678. The molecule has 10 heavy (non-hydrogen) atoms. The van der Waals surface area contributed by atoms with Gasteiger partial charge in [0.1, 0.15) is 5.25 Å². The number of nitrogens with zero attached hydrogens (tertiary/aromatic N) is 1. The van der Waals surface area contributed by atoms with Crippen molar-refractivity contribution in [1.82, 2.24) is 0 Å². The van der Waals surface area contributed by atoms with Crippen molar-refractivity contribution in [3.05, 3.63) is 0 Å². The molecule has 0 aromatic rings. The summed E-state index contributed by atoms with van der Waals surface area (Å²) in [4.78, 5) is 14.2. The van der Waals surface area contributed by atoms with Gasteiger partial charge in [-0.15, -0.1) is 0 Å². The van der Waals surface area contributed by atoms with Gasteiger partial charge in [0.25, 0.3) is 5.91 Å². The Kier molecular flexibility index (Phi) is 1.96. The molecule has 0 radical (unpaired) electrons. The van der Waals surface area contributed by atoms with Crippen molar-refractivity contribution in [3.8, 4) is 0 Å². The summed E-state index contributed by atoms with van der Waals surface area (Å²) in [5.74, 6) is -0.336. The zero-order valence-corrected chi connectivity index (χ0v) is 6.26. The van der Waals surface area contributed by atoms with E-state index in [1.54, 1.807) is 6.92 Å². The second kappa shape index (κ2) is 2.59. The quantitative estimate of drug-likeness (QED) is 0.533. The Hall–Kier alpha value is -0.550. The summed E-state index contributed by atoms with van der Waals surface area (Å²) in [6.45, 7) is 1.55. The number of amides is 1. The van der Waals surface area contributed by atoms with Crippen LogP contribution in [-0.4, -0.2) is 27.5 Å². The van der Waals surface area contributed by atoms with Crippen LogP contribution >= 0.6 is 11.8 Å². The van der Waals surface area contributed by atoms with Crippen LogP contribution in [-0.2, 0) is 4.79 Å². The molecule has 56 valence electrons. The first-order chi connectivity index (χ1) is 4.61. The van der Waals surface area contributed by atoms with Gasteiger partial charge in [0.2, 0.25) is 0 Å². The number of rotatable bonds is 1. The number of carbonyl (C=O) groups is 1. The van der Waals surface area contributed by atoms with Gasteiger partial charge in [-0.05, 0) is 6.92 Å². The van der Waals surface area contributed by atoms with E-state index in [2.05, 4.69) is 4.99 Å². The molecule has 1 heterocycles. The second-order valence-electron chi connectivity index (χ2n) is 2.07. The van der Waals surface area contributed by atoms with Crippen LogP contribution in [0.25, 0.3) is 0 Å². The largest absolute Gasteiger partial charge is 0.392 e. The van der Waals surface area contributed by atoms with E-state index in [1.165, 1.54) is 0 Å². The van der Waals surface area contributed by atoms with Crippen LogP contribution in [0.3, 0.4) is 0 Å².